The molecule has 100 valence electrons. The molecule has 0 aliphatic heterocycles. The molecule has 2 atom stereocenters. The second-order valence-corrected chi connectivity index (χ2v) is 6.46. The van der Waals surface area contributed by atoms with Gasteiger partial charge in [-0.2, -0.15) is 0 Å². The van der Waals surface area contributed by atoms with E-state index in [4.69, 9.17) is 0 Å². The molecule has 2 N–H and O–H groups in total. The SMILES string of the molecule is CC(C)[C@@H](CO)N[C@H](C1CCCCC1)C1CC1. The molecule has 0 aromatic rings. The first-order valence-electron chi connectivity index (χ1n) is 7.59. The van der Waals surface area contributed by atoms with Crippen molar-refractivity contribution >= 4 is 0 Å². The Hall–Kier alpha value is -0.0800. The molecule has 2 fully saturated rings. The molecule has 2 aliphatic carbocycles. The zero-order valence-electron chi connectivity index (χ0n) is 11.5. The van der Waals surface area contributed by atoms with Gasteiger partial charge in [-0.15, -0.1) is 0 Å². The first-order chi connectivity index (χ1) is 8.22. The van der Waals surface area contributed by atoms with E-state index in [-0.39, 0.29) is 6.61 Å². The molecule has 0 aromatic carbocycles. The van der Waals surface area contributed by atoms with Crippen LogP contribution in [0.15, 0.2) is 0 Å². The van der Waals surface area contributed by atoms with E-state index in [1.165, 1.54) is 44.9 Å². The Bertz CT molecular complexity index is 219. The Labute approximate surface area is 106 Å². The molecule has 2 rings (SSSR count). The molecule has 0 amide bonds. The number of nitrogens with one attached hydrogen (secondary N) is 1. The molecule has 0 spiro atoms. The number of hydrogen-bond donors (Lipinski definition) is 2. The summed E-state index contributed by atoms with van der Waals surface area (Å²) in [6.45, 7) is 4.70. The lowest BCUT2D eigenvalue weighted by atomic mass is 9.81. The number of rotatable bonds is 6. The smallest absolute Gasteiger partial charge is 0.0587 e. The van der Waals surface area contributed by atoms with Crippen molar-refractivity contribution in [2.24, 2.45) is 17.8 Å². The largest absolute Gasteiger partial charge is 0.395 e. The summed E-state index contributed by atoms with van der Waals surface area (Å²) in [5, 5.41) is 13.3. The molecular weight excluding hydrogens is 210 g/mol. The Kier molecular flexibility index (Phi) is 4.87. The second kappa shape index (κ2) is 6.19. The normalized spacial score (nSPS) is 26.1. The van der Waals surface area contributed by atoms with Crippen LogP contribution in [-0.4, -0.2) is 23.8 Å². The molecule has 0 heterocycles. The quantitative estimate of drug-likeness (QED) is 0.747. The Morgan fingerprint density at radius 2 is 1.59 bits per heavy atom. The van der Waals surface area contributed by atoms with Crippen LogP contribution in [0.25, 0.3) is 0 Å². The highest BCUT2D eigenvalue weighted by molar-refractivity contribution is 4.93. The predicted molar refractivity (Wildman–Crippen MR) is 71.9 cm³/mol. The molecule has 2 nitrogen and oxygen atoms in total. The van der Waals surface area contributed by atoms with Crippen LogP contribution in [0.4, 0.5) is 0 Å². The van der Waals surface area contributed by atoms with Crippen LogP contribution >= 0.6 is 0 Å². The number of hydrogen-bond acceptors (Lipinski definition) is 2. The van der Waals surface area contributed by atoms with Gasteiger partial charge in [0.25, 0.3) is 0 Å². The van der Waals surface area contributed by atoms with Crippen LogP contribution < -0.4 is 5.32 Å². The van der Waals surface area contributed by atoms with Gasteiger partial charge in [-0.1, -0.05) is 33.1 Å². The van der Waals surface area contributed by atoms with Crippen molar-refractivity contribution in [3.05, 3.63) is 0 Å². The minimum atomic E-state index is 0.285. The van der Waals surface area contributed by atoms with Crippen molar-refractivity contribution < 1.29 is 5.11 Å². The summed E-state index contributed by atoms with van der Waals surface area (Å²) in [7, 11) is 0. The zero-order valence-corrected chi connectivity index (χ0v) is 11.5. The maximum atomic E-state index is 9.48. The lowest BCUT2D eigenvalue weighted by molar-refractivity contribution is 0.161. The number of aliphatic hydroxyl groups is 1. The van der Waals surface area contributed by atoms with Gasteiger partial charge in [0.1, 0.15) is 0 Å². The van der Waals surface area contributed by atoms with Gasteiger partial charge in [0.2, 0.25) is 0 Å². The highest BCUT2D eigenvalue weighted by atomic mass is 16.3. The van der Waals surface area contributed by atoms with E-state index in [2.05, 4.69) is 19.2 Å². The summed E-state index contributed by atoms with van der Waals surface area (Å²) in [6, 6.07) is 0.984. The Morgan fingerprint density at radius 3 is 2.06 bits per heavy atom. The molecule has 0 bridgehead atoms. The third-order valence-electron chi connectivity index (χ3n) is 4.70. The second-order valence-electron chi connectivity index (χ2n) is 6.46. The standard InChI is InChI=1S/C15H29NO/c1-11(2)14(10-17)16-15(13-8-9-13)12-6-4-3-5-7-12/h11-17H,3-10H2,1-2H3/t14-,15-/m1/s1. The maximum Gasteiger partial charge on any atom is 0.0587 e. The summed E-state index contributed by atoms with van der Waals surface area (Å²) in [6.07, 6.45) is 9.90. The Morgan fingerprint density at radius 1 is 1.00 bits per heavy atom. The van der Waals surface area contributed by atoms with Crippen LogP contribution in [0.1, 0.15) is 58.8 Å². The third-order valence-corrected chi connectivity index (χ3v) is 4.70. The van der Waals surface area contributed by atoms with Crippen LogP contribution in [0.3, 0.4) is 0 Å². The third kappa shape index (κ3) is 3.69. The van der Waals surface area contributed by atoms with Gasteiger partial charge >= 0.3 is 0 Å². The van der Waals surface area contributed by atoms with E-state index >= 15 is 0 Å². The van der Waals surface area contributed by atoms with Gasteiger partial charge in [-0.05, 0) is 43.4 Å². The van der Waals surface area contributed by atoms with Crippen LogP contribution in [-0.2, 0) is 0 Å². The fraction of sp³-hybridized carbons (Fsp3) is 1.00. The van der Waals surface area contributed by atoms with Crippen LogP contribution in [0.2, 0.25) is 0 Å². The van der Waals surface area contributed by atoms with Gasteiger partial charge in [0.15, 0.2) is 0 Å². The highest BCUT2D eigenvalue weighted by Gasteiger charge is 2.38. The molecule has 2 aliphatic rings. The molecule has 2 saturated carbocycles. The minimum absolute atomic E-state index is 0.285. The average Bonchev–Trinajstić information content (AvgIpc) is 3.15. The first kappa shape index (κ1) is 13.4. The monoisotopic (exact) mass is 239 g/mol. The van der Waals surface area contributed by atoms with Crippen molar-refractivity contribution in [1.29, 1.82) is 0 Å². The predicted octanol–water partition coefficient (Wildman–Crippen LogP) is 2.95. The Balaban J connectivity index is 1.91. The lowest BCUT2D eigenvalue weighted by Gasteiger charge is -2.35. The molecule has 17 heavy (non-hydrogen) atoms. The highest BCUT2D eigenvalue weighted by Crippen LogP contribution is 2.40. The van der Waals surface area contributed by atoms with Crippen molar-refractivity contribution in [3.63, 3.8) is 0 Å². The summed E-state index contributed by atoms with van der Waals surface area (Å²) in [4.78, 5) is 0. The summed E-state index contributed by atoms with van der Waals surface area (Å²) < 4.78 is 0. The van der Waals surface area contributed by atoms with Gasteiger partial charge in [0, 0.05) is 12.1 Å². The molecule has 0 unspecified atom stereocenters. The van der Waals surface area contributed by atoms with E-state index in [0.29, 0.717) is 18.0 Å². The van der Waals surface area contributed by atoms with Crippen molar-refractivity contribution in [1.82, 2.24) is 5.32 Å². The molecule has 0 aromatic heterocycles. The fourth-order valence-corrected chi connectivity index (χ4v) is 3.31. The fourth-order valence-electron chi connectivity index (χ4n) is 3.31. The zero-order chi connectivity index (χ0) is 12.3. The minimum Gasteiger partial charge on any atom is -0.395 e. The average molecular weight is 239 g/mol. The number of aliphatic hydroxyl groups excluding tert-OH is 1. The van der Waals surface area contributed by atoms with E-state index in [9.17, 15) is 5.11 Å². The lowest BCUT2D eigenvalue weighted by Crippen LogP contribution is -2.48. The van der Waals surface area contributed by atoms with Crippen molar-refractivity contribution in [2.75, 3.05) is 6.61 Å². The summed E-state index contributed by atoms with van der Waals surface area (Å²) in [5.41, 5.74) is 0. The molecular formula is C15H29NO. The van der Waals surface area contributed by atoms with Gasteiger partial charge in [-0.25, -0.2) is 0 Å². The van der Waals surface area contributed by atoms with E-state index in [0.717, 1.165) is 11.8 Å². The summed E-state index contributed by atoms with van der Waals surface area (Å²) >= 11 is 0. The van der Waals surface area contributed by atoms with E-state index in [1.807, 2.05) is 0 Å². The van der Waals surface area contributed by atoms with Crippen LogP contribution in [0, 0.1) is 17.8 Å². The van der Waals surface area contributed by atoms with Crippen LogP contribution in [0.5, 0.6) is 0 Å². The molecule has 2 heteroatoms. The topological polar surface area (TPSA) is 32.3 Å². The van der Waals surface area contributed by atoms with Gasteiger partial charge in [-0.3, -0.25) is 0 Å². The van der Waals surface area contributed by atoms with Crippen molar-refractivity contribution in [2.45, 2.75) is 70.9 Å². The van der Waals surface area contributed by atoms with Crippen molar-refractivity contribution in [3.8, 4) is 0 Å². The van der Waals surface area contributed by atoms with Gasteiger partial charge in [0.05, 0.1) is 6.61 Å². The van der Waals surface area contributed by atoms with Gasteiger partial charge < -0.3 is 10.4 Å². The molecule has 0 saturated heterocycles. The maximum absolute atomic E-state index is 9.48. The summed E-state index contributed by atoms with van der Waals surface area (Å²) in [5.74, 6) is 2.32. The van der Waals surface area contributed by atoms with E-state index in [1.54, 1.807) is 0 Å². The molecule has 0 radical (unpaired) electrons. The first-order valence-corrected chi connectivity index (χ1v) is 7.59. The van der Waals surface area contributed by atoms with E-state index < -0.39 is 0 Å².